The molecule has 1 saturated carbocycles. The van der Waals surface area contributed by atoms with Gasteiger partial charge < -0.3 is 4.57 Å². The third-order valence-corrected chi connectivity index (χ3v) is 7.16. The summed E-state index contributed by atoms with van der Waals surface area (Å²) in [6, 6.07) is 12.2. The first-order valence-electron chi connectivity index (χ1n) is 10.7. The molecule has 1 aliphatic heterocycles. The van der Waals surface area contributed by atoms with Crippen molar-refractivity contribution in [1.82, 2.24) is 9.55 Å². The summed E-state index contributed by atoms with van der Waals surface area (Å²) < 4.78 is 29.7. The molecule has 0 amide bonds. The molecule has 0 bridgehead atoms. The highest BCUT2D eigenvalue weighted by Gasteiger charge is 2.43. The molecule has 5 rings (SSSR count). The van der Waals surface area contributed by atoms with Crippen LogP contribution in [-0.4, -0.2) is 9.55 Å². The van der Waals surface area contributed by atoms with E-state index in [0.29, 0.717) is 11.5 Å². The normalized spacial score (nSPS) is 22.9. The van der Waals surface area contributed by atoms with Crippen LogP contribution in [0.2, 0.25) is 0 Å². The van der Waals surface area contributed by atoms with Gasteiger partial charge in [0.15, 0.2) is 0 Å². The minimum absolute atomic E-state index is 0.0351. The summed E-state index contributed by atoms with van der Waals surface area (Å²) in [6.45, 7) is 5.04. The van der Waals surface area contributed by atoms with Gasteiger partial charge in [-0.05, 0) is 86.1 Å². The van der Waals surface area contributed by atoms with E-state index in [-0.39, 0.29) is 17.0 Å². The molecule has 30 heavy (non-hydrogen) atoms. The maximum absolute atomic E-state index is 14.1. The van der Waals surface area contributed by atoms with Gasteiger partial charge in [0.2, 0.25) is 0 Å². The Balaban J connectivity index is 1.48. The number of halogens is 2. The number of nitrogens with zero attached hydrogens (tertiary/aromatic N) is 2. The van der Waals surface area contributed by atoms with Crippen LogP contribution in [0.3, 0.4) is 0 Å². The summed E-state index contributed by atoms with van der Waals surface area (Å²) in [6.07, 6.45) is 8.49. The topological polar surface area (TPSA) is 17.8 Å². The predicted octanol–water partition coefficient (Wildman–Crippen LogP) is 6.58. The maximum atomic E-state index is 14.1. The number of rotatable bonds is 3. The van der Waals surface area contributed by atoms with E-state index in [1.807, 2.05) is 19.3 Å². The second-order valence-electron chi connectivity index (χ2n) is 9.08. The lowest BCUT2D eigenvalue weighted by Gasteiger charge is -2.46. The maximum Gasteiger partial charge on any atom is 0.126 e. The van der Waals surface area contributed by atoms with Crippen molar-refractivity contribution in [2.24, 2.45) is 11.3 Å². The van der Waals surface area contributed by atoms with Crippen LogP contribution < -0.4 is 0 Å². The van der Waals surface area contributed by atoms with Crippen molar-refractivity contribution >= 4 is 6.08 Å². The van der Waals surface area contributed by atoms with E-state index in [4.69, 9.17) is 0 Å². The first-order chi connectivity index (χ1) is 14.4. The molecule has 0 spiro atoms. The largest absolute Gasteiger partial charge is 0.330 e. The summed E-state index contributed by atoms with van der Waals surface area (Å²) in [5.74, 6) is 0.110. The molecule has 0 radical (unpaired) electrons. The molecule has 2 heterocycles. The van der Waals surface area contributed by atoms with E-state index in [0.717, 1.165) is 54.7 Å². The van der Waals surface area contributed by atoms with Crippen LogP contribution in [0.5, 0.6) is 0 Å². The minimum Gasteiger partial charge on any atom is -0.330 e. The van der Waals surface area contributed by atoms with Crippen LogP contribution in [0.4, 0.5) is 8.78 Å². The first-order valence-corrected chi connectivity index (χ1v) is 10.7. The average Bonchev–Trinajstić information content (AvgIpc) is 3.12. The molecule has 2 nitrogen and oxygen atoms in total. The molecule has 4 heteroatoms. The van der Waals surface area contributed by atoms with E-state index >= 15 is 0 Å². The SMILES string of the molecule is Cc1ccc(C[C@H]2CCCC3=Cc4c(-c5ccc(F)cc5)ncn4C[C@@]32C)cc1F. The fourth-order valence-corrected chi connectivity index (χ4v) is 5.27. The monoisotopic (exact) mass is 404 g/mol. The van der Waals surface area contributed by atoms with Gasteiger partial charge in [0.05, 0.1) is 17.7 Å². The molecule has 0 saturated heterocycles. The molecular formula is C26H26F2N2. The zero-order valence-corrected chi connectivity index (χ0v) is 17.5. The Morgan fingerprint density at radius 3 is 2.70 bits per heavy atom. The van der Waals surface area contributed by atoms with E-state index in [2.05, 4.69) is 28.6 Å². The van der Waals surface area contributed by atoms with Crippen LogP contribution in [0.25, 0.3) is 17.3 Å². The van der Waals surface area contributed by atoms with Crippen molar-refractivity contribution in [3.05, 3.63) is 82.8 Å². The molecule has 1 aliphatic carbocycles. The molecule has 2 atom stereocenters. The van der Waals surface area contributed by atoms with Gasteiger partial charge in [-0.3, -0.25) is 0 Å². The Bertz CT molecular complexity index is 1130. The van der Waals surface area contributed by atoms with Crippen molar-refractivity contribution < 1.29 is 8.78 Å². The fraction of sp³-hybridized carbons (Fsp3) is 0.346. The zero-order chi connectivity index (χ0) is 20.9. The summed E-state index contributed by atoms with van der Waals surface area (Å²) in [4.78, 5) is 4.66. The quantitative estimate of drug-likeness (QED) is 0.482. The van der Waals surface area contributed by atoms with Crippen molar-refractivity contribution in [3.63, 3.8) is 0 Å². The molecular weight excluding hydrogens is 378 g/mol. The molecule has 1 fully saturated rings. The Morgan fingerprint density at radius 2 is 1.93 bits per heavy atom. The second-order valence-corrected chi connectivity index (χ2v) is 9.08. The van der Waals surface area contributed by atoms with Crippen LogP contribution >= 0.6 is 0 Å². The number of hydrogen-bond donors (Lipinski definition) is 0. The summed E-state index contributed by atoms with van der Waals surface area (Å²) in [7, 11) is 0. The third kappa shape index (κ3) is 3.19. The Labute approximate surface area is 176 Å². The number of aromatic nitrogens is 2. The summed E-state index contributed by atoms with van der Waals surface area (Å²) in [5.41, 5.74) is 6.23. The van der Waals surface area contributed by atoms with Crippen molar-refractivity contribution in [2.75, 3.05) is 0 Å². The van der Waals surface area contributed by atoms with Crippen molar-refractivity contribution in [3.8, 4) is 11.3 Å². The van der Waals surface area contributed by atoms with E-state index in [1.54, 1.807) is 18.2 Å². The van der Waals surface area contributed by atoms with E-state index in [1.165, 1.54) is 17.7 Å². The van der Waals surface area contributed by atoms with Gasteiger partial charge in [-0.25, -0.2) is 13.8 Å². The summed E-state index contributed by atoms with van der Waals surface area (Å²) in [5, 5.41) is 0. The Kier molecular flexibility index (Phi) is 4.61. The number of fused-ring (bicyclic) bond motifs is 2. The van der Waals surface area contributed by atoms with Crippen LogP contribution in [0.1, 0.15) is 43.0 Å². The lowest BCUT2D eigenvalue weighted by molar-refractivity contribution is 0.152. The van der Waals surface area contributed by atoms with Crippen LogP contribution in [0.15, 0.2) is 54.4 Å². The standard InChI is InChI=1S/C26H26F2N2/c1-17-6-7-18(13-23(17)28)12-20-4-3-5-21-14-24-25(19-8-10-22(27)11-9-19)29-16-30(24)15-26(20,21)2/h6-11,13-14,16,20H,3-5,12,15H2,1-2H3/t20-,26-/m1/s1. The predicted molar refractivity (Wildman–Crippen MR) is 116 cm³/mol. The van der Waals surface area contributed by atoms with E-state index < -0.39 is 0 Å². The van der Waals surface area contributed by atoms with Gasteiger partial charge >= 0.3 is 0 Å². The van der Waals surface area contributed by atoms with Crippen molar-refractivity contribution in [2.45, 2.75) is 46.1 Å². The number of aryl methyl sites for hydroxylation is 1. The van der Waals surface area contributed by atoms with Crippen LogP contribution in [-0.2, 0) is 13.0 Å². The molecule has 0 N–H and O–H groups in total. The van der Waals surface area contributed by atoms with Gasteiger partial charge in [0, 0.05) is 17.5 Å². The average molecular weight is 405 g/mol. The van der Waals surface area contributed by atoms with Crippen LogP contribution in [0, 0.1) is 29.9 Å². The zero-order valence-electron chi connectivity index (χ0n) is 17.5. The lowest BCUT2D eigenvalue weighted by atomic mass is 9.61. The van der Waals surface area contributed by atoms with Gasteiger partial charge in [-0.15, -0.1) is 0 Å². The van der Waals surface area contributed by atoms with Gasteiger partial charge in [-0.1, -0.05) is 24.6 Å². The van der Waals surface area contributed by atoms with Gasteiger partial charge in [0.1, 0.15) is 11.6 Å². The van der Waals surface area contributed by atoms with Gasteiger partial charge in [0.25, 0.3) is 0 Å². The smallest absolute Gasteiger partial charge is 0.126 e. The fourth-order valence-electron chi connectivity index (χ4n) is 5.27. The highest BCUT2D eigenvalue weighted by atomic mass is 19.1. The number of imidazole rings is 1. The molecule has 0 unspecified atom stereocenters. The van der Waals surface area contributed by atoms with E-state index in [9.17, 15) is 8.78 Å². The Morgan fingerprint density at radius 1 is 1.13 bits per heavy atom. The first kappa shape index (κ1) is 19.2. The number of benzene rings is 2. The number of hydrogen-bond acceptors (Lipinski definition) is 1. The van der Waals surface area contributed by atoms with Crippen molar-refractivity contribution in [1.29, 1.82) is 0 Å². The second kappa shape index (κ2) is 7.19. The third-order valence-electron chi connectivity index (χ3n) is 7.16. The molecule has 2 aliphatic rings. The number of allylic oxidation sites excluding steroid dienone is 1. The highest BCUT2D eigenvalue weighted by Crippen LogP contribution is 2.51. The molecule has 154 valence electrons. The molecule has 3 aromatic rings. The molecule has 2 aromatic carbocycles. The Hall–Kier alpha value is -2.75. The molecule has 1 aromatic heterocycles. The highest BCUT2D eigenvalue weighted by molar-refractivity contribution is 5.72. The van der Waals surface area contributed by atoms with Gasteiger partial charge in [-0.2, -0.15) is 0 Å². The lowest BCUT2D eigenvalue weighted by Crippen LogP contribution is -2.40. The summed E-state index contributed by atoms with van der Waals surface area (Å²) >= 11 is 0. The minimum atomic E-state index is -0.236.